The zero-order valence-corrected chi connectivity index (χ0v) is 23.0. The smallest absolute Gasteiger partial charge is 0.305 e. The Labute approximate surface area is 240 Å². The van der Waals surface area contributed by atoms with Crippen LogP contribution in [0.5, 0.6) is 0 Å². The molecule has 0 spiro atoms. The molecule has 0 radical (unpaired) electrons. The standard InChI is InChI=1S/C34H34N2O5/c1-24-15-17-25(18-16-24)19-21-36(22-20-32(38)39)34(41)30-14-8-6-12-28(30)27-11-5-7-13-29(27)33(40)35-31(23-37)26-9-3-2-4-10-26/h2-18,31,37H,19-23H2,1H3,(H,35,40)(H,38,39). The molecule has 41 heavy (non-hydrogen) atoms. The molecule has 0 aliphatic heterocycles. The molecule has 0 heterocycles. The van der Waals surface area contributed by atoms with Crippen LogP contribution in [0.1, 0.15) is 49.9 Å². The molecular formula is C34H34N2O5. The van der Waals surface area contributed by atoms with E-state index in [2.05, 4.69) is 5.32 Å². The molecule has 4 aromatic rings. The molecule has 1 unspecified atom stereocenters. The number of aliphatic hydroxyl groups is 1. The van der Waals surface area contributed by atoms with Gasteiger partial charge < -0.3 is 20.4 Å². The Morgan fingerprint density at radius 1 is 0.756 bits per heavy atom. The maximum atomic E-state index is 13.9. The molecule has 210 valence electrons. The van der Waals surface area contributed by atoms with E-state index >= 15 is 0 Å². The van der Waals surface area contributed by atoms with Gasteiger partial charge in [0.05, 0.1) is 19.1 Å². The second-order valence-electron chi connectivity index (χ2n) is 9.88. The number of benzene rings is 4. The molecule has 7 heteroatoms. The minimum Gasteiger partial charge on any atom is -0.481 e. The van der Waals surface area contributed by atoms with Gasteiger partial charge >= 0.3 is 5.97 Å². The Morgan fingerprint density at radius 3 is 1.98 bits per heavy atom. The van der Waals surface area contributed by atoms with E-state index in [1.165, 1.54) is 0 Å². The highest BCUT2D eigenvalue weighted by Crippen LogP contribution is 2.29. The number of nitrogens with zero attached hydrogens (tertiary/aromatic N) is 1. The van der Waals surface area contributed by atoms with Gasteiger partial charge in [0.2, 0.25) is 0 Å². The molecule has 7 nitrogen and oxygen atoms in total. The van der Waals surface area contributed by atoms with Gasteiger partial charge in [-0.15, -0.1) is 0 Å². The zero-order valence-electron chi connectivity index (χ0n) is 23.0. The van der Waals surface area contributed by atoms with E-state index in [1.54, 1.807) is 53.4 Å². The fraction of sp³-hybridized carbons (Fsp3) is 0.206. The average molecular weight is 551 g/mol. The van der Waals surface area contributed by atoms with Crippen LogP contribution >= 0.6 is 0 Å². The lowest BCUT2D eigenvalue weighted by Crippen LogP contribution is -2.35. The number of aliphatic carboxylic acids is 1. The highest BCUT2D eigenvalue weighted by Gasteiger charge is 2.23. The summed E-state index contributed by atoms with van der Waals surface area (Å²) in [5.74, 6) is -1.67. The quantitative estimate of drug-likeness (QED) is 0.222. The maximum Gasteiger partial charge on any atom is 0.305 e. The number of carbonyl (C=O) groups is 3. The van der Waals surface area contributed by atoms with Gasteiger partial charge in [-0.3, -0.25) is 14.4 Å². The molecule has 3 N–H and O–H groups in total. The topological polar surface area (TPSA) is 107 Å². The number of carbonyl (C=O) groups excluding carboxylic acids is 2. The lowest BCUT2D eigenvalue weighted by molar-refractivity contribution is -0.137. The van der Waals surface area contributed by atoms with Gasteiger partial charge in [-0.25, -0.2) is 0 Å². The first-order valence-corrected chi connectivity index (χ1v) is 13.6. The predicted molar refractivity (Wildman–Crippen MR) is 159 cm³/mol. The van der Waals surface area contributed by atoms with E-state index in [0.29, 0.717) is 35.2 Å². The van der Waals surface area contributed by atoms with Crippen molar-refractivity contribution in [2.75, 3.05) is 19.7 Å². The average Bonchev–Trinajstić information content (AvgIpc) is 3.00. The first kappa shape index (κ1) is 29.2. The molecule has 0 aliphatic carbocycles. The van der Waals surface area contributed by atoms with Gasteiger partial charge in [-0.2, -0.15) is 0 Å². The second kappa shape index (κ2) is 14.1. The maximum absolute atomic E-state index is 13.9. The van der Waals surface area contributed by atoms with Crippen molar-refractivity contribution in [1.29, 1.82) is 0 Å². The van der Waals surface area contributed by atoms with Crippen molar-refractivity contribution < 1.29 is 24.6 Å². The number of rotatable bonds is 12. The Kier molecular flexibility index (Phi) is 10.0. The Morgan fingerprint density at radius 2 is 1.34 bits per heavy atom. The van der Waals surface area contributed by atoms with Crippen molar-refractivity contribution in [1.82, 2.24) is 10.2 Å². The van der Waals surface area contributed by atoms with Crippen LogP contribution in [0.3, 0.4) is 0 Å². The molecule has 0 saturated heterocycles. The SMILES string of the molecule is Cc1ccc(CCN(CCC(=O)O)C(=O)c2ccccc2-c2ccccc2C(=O)NC(CO)c2ccccc2)cc1. The molecule has 0 bridgehead atoms. The normalized spacial score (nSPS) is 11.5. The number of aryl methyl sites for hydroxylation is 1. The zero-order chi connectivity index (χ0) is 29.2. The summed E-state index contributed by atoms with van der Waals surface area (Å²) < 4.78 is 0. The summed E-state index contributed by atoms with van der Waals surface area (Å²) in [5, 5.41) is 22.2. The summed E-state index contributed by atoms with van der Waals surface area (Å²) in [6.07, 6.45) is 0.400. The van der Waals surface area contributed by atoms with Crippen LogP contribution in [-0.4, -0.2) is 52.6 Å². The lowest BCUT2D eigenvalue weighted by Gasteiger charge is -2.24. The Hall–Kier alpha value is -4.75. The number of carboxylic acid groups (broad SMARTS) is 1. The minimum atomic E-state index is -0.981. The Bertz CT molecular complexity index is 1480. The van der Waals surface area contributed by atoms with E-state index in [0.717, 1.165) is 16.7 Å². The third kappa shape index (κ3) is 7.68. The summed E-state index contributed by atoms with van der Waals surface area (Å²) in [6, 6.07) is 30.7. The van der Waals surface area contributed by atoms with E-state index in [9.17, 15) is 24.6 Å². The van der Waals surface area contributed by atoms with Crippen LogP contribution in [0.2, 0.25) is 0 Å². The minimum absolute atomic E-state index is 0.0613. The van der Waals surface area contributed by atoms with Crippen molar-refractivity contribution in [3.63, 3.8) is 0 Å². The van der Waals surface area contributed by atoms with E-state index in [1.807, 2.05) is 61.5 Å². The largest absolute Gasteiger partial charge is 0.481 e. The Balaban J connectivity index is 1.63. The number of carboxylic acids is 1. The molecule has 0 saturated carbocycles. The van der Waals surface area contributed by atoms with E-state index < -0.39 is 12.0 Å². The van der Waals surface area contributed by atoms with Gasteiger partial charge in [-0.05, 0) is 47.7 Å². The van der Waals surface area contributed by atoms with Crippen LogP contribution in [0.15, 0.2) is 103 Å². The molecule has 0 fully saturated rings. The van der Waals surface area contributed by atoms with Crippen molar-refractivity contribution in [2.24, 2.45) is 0 Å². The van der Waals surface area contributed by atoms with Gasteiger partial charge in [-0.1, -0.05) is 96.6 Å². The number of nitrogens with one attached hydrogen (secondary N) is 1. The van der Waals surface area contributed by atoms with Gasteiger partial charge in [0.1, 0.15) is 0 Å². The molecule has 4 rings (SSSR count). The summed E-state index contributed by atoms with van der Waals surface area (Å²) in [6.45, 7) is 2.15. The summed E-state index contributed by atoms with van der Waals surface area (Å²) in [7, 11) is 0. The predicted octanol–water partition coefficient (Wildman–Crippen LogP) is 5.29. The number of hydrogen-bond acceptors (Lipinski definition) is 4. The molecular weight excluding hydrogens is 516 g/mol. The fourth-order valence-corrected chi connectivity index (χ4v) is 4.71. The third-order valence-corrected chi connectivity index (χ3v) is 6.98. The molecule has 0 aliphatic rings. The first-order valence-electron chi connectivity index (χ1n) is 13.6. The molecule has 1 atom stereocenters. The van der Waals surface area contributed by atoms with Crippen molar-refractivity contribution >= 4 is 17.8 Å². The second-order valence-corrected chi connectivity index (χ2v) is 9.88. The van der Waals surface area contributed by atoms with Gasteiger partial charge in [0.25, 0.3) is 11.8 Å². The number of hydrogen-bond donors (Lipinski definition) is 3. The van der Waals surface area contributed by atoms with Crippen molar-refractivity contribution in [3.05, 3.63) is 131 Å². The van der Waals surface area contributed by atoms with Crippen molar-refractivity contribution in [2.45, 2.75) is 25.8 Å². The van der Waals surface area contributed by atoms with Crippen LogP contribution in [0.4, 0.5) is 0 Å². The molecule has 2 amide bonds. The van der Waals surface area contributed by atoms with Crippen LogP contribution in [0.25, 0.3) is 11.1 Å². The third-order valence-electron chi connectivity index (χ3n) is 6.98. The number of amides is 2. The molecule has 4 aromatic carbocycles. The van der Waals surface area contributed by atoms with Crippen LogP contribution in [-0.2, 0) is 11.2 Å². The highest BCUT2D eigenvalue weighted by atomic mass is 16.4. The summed E-state index contributed by atoms with van der Waals surface area (Å²) in [5.41, 5.74) is 4.84. The van der Waals surface area contributed by atoms with Crippen LogP contribution in [0, 0.1) is 6.92 Å². The monoisotopic (exact) mass is 550 g/mol. The summed E-state index contributed by atoms with van der Waals surface area (Å²) >= 11 is 0. The molecule has 0 aromatic heterocycles. The van der Waals surface area contributed by atoms with Crippen LogP contribution < -0.4 is 5.32 Å². The van der Waals surface area contributed by atoms with E-state index in [-0.39, 0.29) is 31.4 Å². The van der Waals surface area contributed by atoms with Gasteiger partial charge in [0.15, 0.2) is 0 Å². The van der Waals surface area contributed by atoms with Crippen molar-refractivity contribution in [3.8, 4) is 11.1 Å². The highest BCUT2D eigenvalue weighted by molar-refractivity contribution is 6.06. The van der Waals surface area contributed by atoms with E-state index in [4.69, 9.17) is 0 Å². The fourth-order valence-electron chi connectivity index (χ4n) is 4.71. The first-order chi connectivity index (χ1) is 19.9. The van der Waals surface area contributed by atoms with Gasteiger partial charge in [0, 0.05) is 24.2 Å². The number of aliphatic hydroxyl groups excluding tert-OH is 1. The lowest BCUT2D eigenvalue weighted by atomic mass is 9.94. The summed E-state index contributed by atoms with van der Waals surface area (Å²) in [4.78, 5) is 40.4.